The molecule has 2 heterocycles. The van der Waals surface area contributed by atoms with Crippen molar-refractivity contribution in [3.05, 3.63) is 48.4 Å². The minimum absolute atomic E-state index is 0.115. The first-order valence-corrected chi connectivity index (χ1v) is 6.63. The summed E-state index contributed by atoms with van der Waals surface area (Å²) >= 11 is 0. The smallest absolute Gasteiger partial charge is 0.252 e. The third-order valence-electron chi connectivity index (χ3n) is 3.12. The Hall–Kier alpha value is -2.14. The van der Waals surface area contributed by atoms with Gasteiger partial charge in [0.2, 0.25) is 0 Å². The van der Waals surface area contributed by atoms with Crippen LogP contribution in [0.5, 0.6) is 0 Å². The molecule has 0 fully saturated rings. The highest BCUT2D eigenvalue weighted by atomic mass is 16.3. The molecule has 106 valence electrons. The fourth-order valence-electron chi connectivity index (χ4n) is 1.70. The summed E-state index contributed by atoms with van der Waals surface area (Å²) in [6.45, 7) is 4.06. The second-order valence-electron chi connectivity index (χ2n) is 5.02. The fourth-order valence-corrected chi connectivity index (χ4v) is 1.70. The maximum Gasteiger partial charge on any atom is 0.252 e. The van der Waals surface area contributed by atoms with E-state index in [0.29, 0.717) is 5.56 Å². The molecule has 0 aliphatic rings. The zero-order valence-electron chi connectivity index (χ0n) is 11.7. The highest BCUT2D eigenvalue weighted by Crippen LogP contribution is 2.06. The van der Waals surface area contributed by atoms with E-state index in [1.165, 1.54) is 6.20 Å². The number of pyridine rings is 1. The van der Waals surface area contributed by atoms with Crippen LogP contribution >= 0.6 is 0 Å². The lowest BCUT2D eigenvalue weighted by molar-refractivity contribution is 0.0871. The standard InChI is InChI=1S/C15H19N3O2/c1-11(2)13(19)10-17-15(20)12-5-6-14(16-9-12)18-7-3-4-8-18/h3-9,11,13,19H,10H2,1-2H3,(H,17,20). The Morgan fingerprint density at radius 3 is 2.60 bits per heavy atom. The van der Waals surface area contributed by atoms with E-state index in [2.05, 4.69) is 10.3 Å². The number of aromatic nitrogens is 2. The number of carbonyl (C=O) groups is 1. The van der Waals surface area contributed by atoms with Crippen molar-refractivity contribution in [3.63, 3.8) is 0 Å². The normalized spacial score (nSPS) is 12.4. The zero-order chi connectivity index (χ0) is 14.5. The van der Waals surface area contributed by atoms with Gasteiger partial charge in [-0.2, -0.15) is 0 Å². The Morgan fingerprint density at radius 1 is 1.35 bits per heavy atom. The Morgan fingerprint density at radius 2 is 2.05 bits per heavy atom. The topological polar surface area (TPSA) is 67.2 Å². The molecule has 1 atom stereocenters. The molecule has 0 saturated carbocycles. The Labute approximate surface area is 118 Å². The first kappa shape index (κ1) is 14.3. The monoisotopic (exact) mass is 273 g/mol. The highest BCUT2D eigenvalue weighted by Gasteiger charge is 2.12. The van der Waals surface area contributed by atoms with E-state index >= 15 is 0 Å². The minimum Gasteiger partial charge on any atom is -0.391 e. The summed E-state index contributed by atoms with van der Waals surface area (Å²) in [5.41, 5.74) is 0.483. The molecule has 20 heavy (non-hydrogen) atoms. The number of hydrogen-bond donors (Lipinski definition) is 2. The van der Waals surface area contributed by atoms with E-state index in [-0.39, 0.29) is 18.4 Å². The van der Waals surface area contributed by atoms with Crippen LogP contribution in [0, 0.1) is 5.92 Å². The molecule has 1 amide bonds. The molecule has 0 bridgehead atoms. The molecule has 0 spiro atoms. The Kier molecular flexibility index (Phi) is 4.53. The number of amides is 1. The van der Waals surface area contributed by atoms with Gasteiger partial charge in [-0.1, -0.05) is 13.8 Å². The number of hydrogen-bond acceptors (Lipinski definition) is 3. The molecule has 2 rings (SSSR count). The lowest BCUT2D eigenvalue weighted by Gasteiger charge is -2.15. The molecule has 2 aromatic heterocycles. The van der Waals surface area contributed by atoms with Crippen LogP contribution < -0.4 is 5.32 Å². The number of rotatable bonds is 5. The average Bonchev–Trinajstić information content (AvgIpc) is 2.98. The van der Waals surface area contributed by atoms with Crippen LogP contribution in [-0.4, -0.2) is 33.2 Å². The van der Waals surface area contributed by atoms with Crippen molar-refractivity contribution in [1.82, 2.24) is 14.9 Å². The number of carbonyl (C=O) groups excluding carboxylic acids is 1. The number of nitrogens with zero attached hydrogens (tertiary/aromatic N) is 2. The van der Waals surface area contributed by atoms with E-state index < -0.39 is 6.10 Å². The van der Waals surface area contributed by atoms with Crippen LogP contribution in [0.1, 0.15) is 24.2 Å². The second kappa shape index (κ2) is 6.34. The summed E-state index contributed by atoms with van der Waals surface area (Å²) in [5, 5.41) is 12.4. The summed E-state index contributed by atoms with van der Waals surface area (Å²) in [6.07, 6.45) is 4.78. The summed E-state index contributed by atoms with van der Waals surface area (Å²) in [5.74, 6) is 0.648. The predicted octanol–water partition coefficient (Wildman–Crippen LogP) is 1.62. The van der Waals surface area contributed by atoms with Crippen LogP contribution in [0.25, 0.3) is 5.82 Å². The van der Waals surface area contributed by atoms with Gasteiger partial charge in [0.1, 0.15) is 5.82 Å². The average molecular weight is 273 g/mol. The van der Waals surface area contributed by atoms with Crippen LogP contribution in [0.3, 0.4) is 0 Å². The van der Waals surface area contributed by atoms with Crippen LogP contribution in [0.2, 0.25) is 0 Å². The van der Waals surface area contributed by atoms with Crippen molar-refractivity contribution in [2.24, 2.45) is 5.92 Å². The molecule has 2 aromatic rings. The predicted molar refractivity (Wildman–Crippen MR) is 76.7 cm³/mol. The summed E-state index contributed by atoms with van der Waals surface area (Å²) in [7, 11) is 0. The van der Waals surface area contributed by atoms with Gasteiger partial charge in [-0.05, 0) is 30.2 Å². The maximum absolute atomic E-state index is 11.9. The number of nitrogens with one attached hydrogen (secondary N) is 1. The largest absolute Gasteiger partial charge is 0.391 e. The third-order valence-corrected chi connectivity index (χ3v) is 3.12. The molecule has 0 aromatic carbocycles. The highest BCUT2D eigenvalue weighted by molar-refractivity contribution is 5.93. The van der Waals surface area contributed by atoms with E-state index in [1.54, 1.807) is 12.1 Å². The Bertz CT molecular complexity index is 547. The lowest BCUT2D eigenvalue weighted by Crippen LogP contribution is -2.34. The van der Waals surface area contributed by atoms with Gasteiger partial charge in [-0.15, -0.1) is 0 Å². The molecular weight excluding hydrogens is 254 g/mol. The maximum atomic E-state index is 11.9. The molecule has 5 nitrogen and oxygen atoms in total. The summed E-state index contributed by atoms with van der Waals surface area (Å²) in [4.78, 5) is 16.1. The van der Waals surface area contributed by atoms with Gasteiger partial charge in [0.25, 0.3) is 5.91 Å². The van der Waals surface area contributed by atoms with Crippen LogP contribution in [-0.2, 0) is 0 Å². The van der Waals surface area contributed by atoms with Gasteiger partial charge < -0.3 is 15.0 Å². The van der Waals surface area contributed by atoms with Crippen molar-refractivity contribution in [3.8, 4) is 5.82 Å². The Balaban J connectivity index is 1.98. The number of aliphatic hydroxyl groups excluding tert-OH is 1. The quantitative estimate of drug-likeness (QED) is 0.870. The van der Waals surface area contributed by atoms with Crippen molar-refractivity contribution in [1.29, 1.82) is 0 Å². The van der Waals surface area contributed by atoms with E-state index in [9.17, 15) is 9.90 Å². The molecule has 1 unspecified atom stereocenters. The molecule has 0 saturated heterocycles. The lowest BCUT2D eigenvalue weighted by atomic mass is 10.1. The van der Waals surface area contributed by atoms with E-state index in [1.807, 2.05) is 42.9 Å². The van der Waals surface area contributed by atoms with Gasteiger partial charge in [0.05, 0.1) is 11.7 Å². The molecule has 0 radical (unpaired) electrons. The van der Waals surface area contributed by atoms with Gasteiger partial charge in [0.15, 0.2) is 0 Å². The van der Waals surface area contributed by atoms with Gasteiger partial charge in [-0.3, -0.25) is 4.79 Å². The fraction of sp³-hybridized carbons (Fsp3) is 0.333. The molecule has 0 aliphatic carbocycles. The van der Waals surface area contributed by atoms with Gasteiger partial charge in [-0.25, -0.2) is 4.98 Å². The molecular formula is C15H19N3O2. The van der Waals surface area contributed by atoms with Gasteiger partial charge in [0, 0.05) is 25.1 Å². The van der Waals surface area contributed by atoms with Crippen molar-refractivity contribution >= 4 is 5.91 Å². The molecule has 2 N–H and O–H groups in total. The first-order valence-electron chi connectivity index (χ1n) is 6.63. The molecule has 5 heteroatoms. The SMILES string of the molecule is CC(C)C(O)CNC(=O)c1ccc(-n2cccc2)nc1. The van der Waals surface area contributed by atoms with E-state index in [4.69, 9.17) is 0 Å². The minimum atomic E-state index is -0.536. The second-order valence-corrected chi connectivity index (χ2v) is 5.02. The van der Waals surface area contributed by atoms with Crippen molar-refractivity contribution < 1.29 is 9.90 Å². The van der Waals surface area contributed by atoms with Crippen LogP contribution in [0.4, 0.5) is 0 Å². The number of aliphatic hydroxyl groups is 1. The molecule has 0 aliphatic heterocycles. The van der Waals surface area contributed by atoms with Crippen molar-refractivity contribution in [2.75, 3.05) is 6.54 Å². The van der Waals surface area contributed by atoms with Crippen LogP contribution in [0.15, 0.2) is 42.9 Å². The summed E-state index contributed by atoms with van der Waals surface area (Å²) < 4.78 is 1.87. The van der Waals surface area contributed by atoms with Gasteiger partial charge >= 0.3 is 0 Å². The zero-order valence-corrected chi connectivity index (χ0v) is 11.7. The summed E-state index contributed by atoms with van der Waals surface area (Å²) in [6, 6.07) is 7.33. The third kappa shape index (κ3) is 3.45. The van der Waals surface area contributed by atoms with E-state index in [0.717, 1.165) is 5.82 Å². The first-order chi connectivity index (χ1) is 9.58. The van der Waals surface area contributed by atoms with Crippen molar-refractivity contribution in [2.45, 2.75) is 20.0 Å².